The summed E-state index contributed by atoms with van der Waals surface area (Å²) in [6.45, 7) is 2.79. The maximum absolute atomic E-state index is 13.7. The number of carbonyl (C=O) groups is 1. The number of hydrogen-bond donors (Lipinski definition) is 2. The summed E-state index contributed by atoms with van der Waals surface area (Å²) in [7, 11) is 0. The van der Waals surface area contributed by atoms with Crippen molar-refractivity contribution < 1.29 is 18.7 Å². The second-order valence-electron chi connectivity index (χ2n) is 6.75. The van der Waals surface area contributed by atoms with Crippen molar-refractivity contribution in [1.29, 1.82) is 0 Å². The normalized spacial score (nSPS) is 23.6. The molecule has 1 spiro atoms. The quantitative estimate of drug-likeness (QED) is 0.871. The molecule has 3 aliphatic rings. The summed E-state index contributed by atoms with van der Waals surface area (Å²) in [5, 5.41) is 6.30. The van der Waals surface area contributed by atoms with Gasteiger partial charge in [0.15, 0.2) is 6.79 Å². The molecule has 1 saturated heterocycles. The highest BCUT2D eigenvalue weighted by atomic mass is 35.5. The first-order chi connectivity index (χ1) is 11.2. The lowest BCUT2D eigenvalue weighted by Crippen LogP contribution is -2.33. The molecule has 2 fully saturated rings. The minimum absolute atomic E-state index is 0. The van der Waals surface area contributed by atoms with Crippen molar-refractivity contribution in [3.8, 4) is 5.75 Å². The lowest BCUT2D eigenvalue weighted by molar-refractivity contribution is -0.123. The Hall–Kier alpha value is -1.37. The Morgan fingerprint density at radius 1 is 1.38 bits per heavy atom. The van der Waals surface area contributed by atoms with Gasteiger partial charge in [-0.3, -0.25) is 4.79 Å². The first-order valence-corrected chi connectivity index (χ1v) is 8.18. The molecule has 2 aliphatic heterocycles. The Morgan fingerprint density at radius 2 is 2.17 bits per heavy atom. The molecule has 0 aromatic heterocycles. The molecule has 5 nitrogen and oxygen atoms in total. The van der Waals surface area contributed by atoms with E-state index in [1.54, 1.807) is 0 Å². The zero-order chi connectivity index (χ0) is 15.9. The van der Waals surface area contributed by atoms with Gasteiger partial charge < -0.3 is 20.1 Å². The number of amides is 1. The van der Waals surface area contributed by atoms with Crippen LogP contribution in [0.2, 0.25) is 0 Å². The highest BCUT2D eigenvalue weighted by molar-refractivity contribution is 5.85. The molecule has 1 saturated carbocycles. The molecular weight excluding hydrogens is 335 g/mol. The molecule has 132 valence electrons. The fourth-order valence-electron chi connectivity index (χ4n) is 3.89. The van der Waals surface area contributed by atoms with E-state index in [1.165, 1.54) is 12.1 Å². The Morgan fingerprint density at radius 3 is 2.96 bits per heavy atom. The van der Waals surface area contributed by atoms with Crippen LogP contribution in [0.25, 0.3) is 0 Å². The number of ether oxygens (including phenoxy) is 2. The molecule has 1 atom stereocenters. The minimum Gasteiger partial charge on any atom is -0.467 e. The summed E-state index contributed by atoms with van der Waals surface area (Å²) in [5.74, 6) is 0.504. The Kier molecular flexibility index (Phi) is 4.99. The number of benzene rings is 1. The maximum Gasteiger partial charge on any atom is 0.223 e. The minimum atomic E-state index is -0.330. The first kappa shape index (κ1) is 17.5. The van der Waals surface area contributed by atoms with Crippen LogP contribution in [0.4, 0.5) is 4.39 Å². The Labute approximate surface area is 146 Å². The van der Waals surface area contributed by atoms with Crippen molar-refractivity contribution in [3.63, 3.8) is 0 Å². The summed E-state index contributed by atoms with van der Waals surface area (Å²) in [6.07, 6.45) is 3.12. The lowest BCUT2D eigenvalue weighted by Gasteiger charge is -2.23. The molecule has 0 bridgehead atoms. The van der Waals surface area contributed by atoms with Gasteiger partial charge in [-0.1, -0.05) is 0 Å². The second kappa shape index (κ2) is 6.86. The summed E-state index contributed by atoms with van der Waals surface area (Å²) >= 11 is 0. The molecule has 1 aromatic carbocycles. The van der Waals surface area contributed by atoms with Gasteiger partial charge in [0.05, 0.1) is 6.61 Å². The molecule has 2 heterocycles. The number of hydrogen-bond acceptors (Lipinski definition) is 4. The third-order valence-corrected chi connectivity index (χ3v) is 5.31. The standard InChI is InChI=1S/C17H21FN2O3.ClH/c18-13-5-11(15-12(6-13)9-22-10-23-15)8-20-16(21)14-7-17(14)1-3-19-4-2-17;/h5-6,14,19H,1-4,7-10H2,(H,20,21);1H. The first-order valence-electron chi connectivity index (χ1n) is 8.18. The van der Waals surface area contributed by atoms with E-state index in [4.69, 9.17) is 9.47 Å². The van der Waals surface area contributed by atoms with Gasteiger partial charge in [0.1, 0.15) is 11.6 Å². The van der Waals surface area contributed by atoms with Gasteiger partial charge >= 0.3 is 0 Å². The van der Waals surface area contributed by atoms with Gasteiger partial charge in [0.2, 0.25) is 5.91 Å². The van der Waals surface area contributed by atoms with E-state index in [1.807, 2.05) is 0 Å². The Bertz CT molecular complexity index is 635. The van der Waals surface area contributed by atoms with Crippen molar-refractivity contribution >= 4 is 18.3 Å². The zero-order valence-corrected chi connectivity index (χ0v) is 14.2. The van der Waals surface area contributed by atoms with E-state index < -0.39 is 0 Å². The predicted molar refractivity (Wildman–Crippen MR) is 88.4 cm³/mol. The largest absolute Gasteiger partial charge is 0.467 e. The number of carbonyl (C=O) groups excluding carboxylic acids is 1. The molecule has 0 radical (unpaired) electrons. The number of fused-ring (bicyclic) bond motifs is 1. The highest BCUT2D eigenvalue weighted by Gasteiger charge is 2.57. The maximum atomic E-state index is 13.7. The average Bonchev–Trinajstić information content (AvgIpc) is 3.26. The monoisotopic (exact) mass is 356 g/mol. The van der Waals surface area contributed by atoms with Crippen LogP contribution in [0, 0.1) is 17.2 Å². The van der Waals surface area contributed by atoms with Crippen LogP contribution >= 0.6 is 12.4 Å². The number of rotatable bonds is 3. The van der Waals surface area contributed by atoms with Crippen LogP contribution in [0.3, 0.4) is 0 Å². The van der Waals surface area contributed by atoms with Gasteiger partial charge in [-0.25, -0.2) is 4.39 Å². The zero-order valence-electron chi connectivity index (χ0n) is 13.4. The van der Waals surface area contributed by atoms with Gasteiger partial charge in [-0.15, -0.1) is 12.4 Å². The number of nitrogens with one attached hydrogen (secondary N) is 2. The van der Waals surface area contributed by atoms with E-state index in [2.05, 4.69) is 10.6 Å². The fourth-order valence-corrected chi connectivity index (χ4v) is 3.89. The van der Waals surface area contributed by atoms with Crippen LogP contribution in [0.5, 0.6) is 5.75 Å². The molecular formula is C17H22ClFN2O3. The van der Waals surface area contributed by atoms with Crippen molar-refractivity contribution in [2.75, 3.05) is 19.9 Å². The van der Waals surface area contributed by atoms with Crippen molar-refractivity contribution in [2.45, 2.75) is 32.4 Å². The molecule has 4 rings (SSSR count). The van der Waals surface area contributed by atoms with E-state index in [9.17, 15) is 9.18 Å². The number of halogens is 2. The molecule has 24 heavy (non-hydrogen) atoms. The third-order valence-electron chi connectivity index (χ3n) is 5.31. The van der Waals surface area contributed by atoms with E-state index >= 15 is 0 Å². The summed E-state index contributed by atoms with van der Waals surface area (Å²) in [6, 6.07) is 2.85. The predicted octanol–water partition coefficient (Wildman–Crippen LogP) is 2.12. The smallest absolute Gasteiger partial charge is 0.223 e. The average molecular weight is 357 g/mol. The molecule has 7 heteroatoms. The van der Waals surface area contributed by atoms with Crippen LogP contribution in [-0.4, -0.2) is 25.8 Å². The molecule has 1 aromatic rings. The summed E-state index contributed by atoms with van der Waals surface area (Å²) in [5.41, 5.74) is 1.58. The van der Waals surface area contributed by atoms with Crippen LogP contribution < -0.4 is 15.4 Å². The van der Waals surface area contributed by atoms with Gasteiger partial charge in [0, 0.05) is 23.6 Å². The fraction of sp³-hybridized carbons (Fsp3) is 0.588. The van der Waals surface area contributed by atoms with E-state index in [0.717, 1.165) is 32.4 Å². The van der Waals surface area contributed by atoms with Crippen LogP contribution in [-0.2, 0) is 22.7 Å². The molecule has 1 unspecified atom stereocenters. The lowest BCUT2D eigenvalue weighted by atomic mass is 9.92. The van der Waals surface area contributed by atoms with Crippen molar-refractivity contribution in [3.05, 3.63) is 29.1 Å². The van der Waals surface area contributed by atoms with Crippen molar-refractivity contribution in [1.82, 2.24) is 10.6 Å². The number of piperidine rings is 1. The van der Waals surface area contributed by atoms with Gasteiger partial charge in [0.25, 0.3) is 0 Å². The second-order valence-corrected chi connectivity index (χ2v) is 6.75. The van der Waals surface area contributed by atoms with E-state index in [0.29, 0.717) is 30.0 Å². The molecule has 1 aliphatic carbocycles. The summed E-state index contributed by atoms with van der Waals surface area (Å²) in [4.78, 5) is 12.4. The topological polar surface area (TPSA) is 59.6 Å². The van der Waals surface area contributed by atoms with E-state index in [-0.39, 0.29) is 42.3 Å². The third kappa shape index (κ3) is 3.23. The SMILES string of the molecule is Cl.O=C(NCc1cc(F)cc2c1OCOC2)C1CC12CCNCC2. The van der Waals surface area contributed by atoms with Crippen LogP contribution in [0.15, 0.2) is 12.1 Å². The van der Waals surface area contributed by atoms with Crippen molar-refractivity contribution in [2.24, 2.45) is 11.3 Å². The van der Waals surface area contributed by atoms with Gasteiger partial charge in [-0.2, -0.15) is 0 Å². The Balaban J connectivity index is 0.00000169. The highest BCUT2D eigenvalue weighted by Crippen LogP contribution is 2.58. The summed E-state index contributed by atoms with van der Waals surface area (Å²) < 4.78 is 24.4. The molecule has 2 N–H and O–H groups in total. The van der Waals surface area contributed by atoms with Gasteiger partial charge in [-0.05, 0) is 49.9 Å². The molecule has 1 amide bonds. The van der Waals surface area contributed by atoms with Crippen LogP contribution in [0.1, 0.15) is 30.4 Å².